The lowest BCUT2D eigenvalue weighted by Gasteiger charge is -2.16. The van der Waals surface area contributed by atoms with Crippen molar-refractivity contribution in [3.05, 3.63) is 53.1 Å². The maximum Gasteiger partial charge on any atom is 0.422 e. The van der Waals surface area contributed by atoms with Gasteiger partial charge < -0.3 is 10.1 Å². The van der Waals surface area contributed by atoms with Crippen LogP contribution in [0.3, 0.4) is 0 Å². The molecule has 2 aromatic rings. The maximum absolute atomic E-state index is 12.6. The van der Waals surface area contributed by atoms with E-state index in [1.54, 1.807) is 32.9 Å². The van der Waals surface area contributed by atoms with Crippen LogP contribution in [0.15, 0.2) is 30.3 Å². The van der Waals surface area contributed by atoms with Crippen molar-refractivity contribution in [2.75, 3.05) is 6.61 Å². The Labute approximate surface area is 166 Å². The quantitative estimate of drug-likeness (QED) is 0.718. The molecule has 0 bridgehead atoms. The van der Waals surface area contributed by atoms with Gasteiger partial charge in [-0.3, -0.25) is 9.59 Å². The zero-order valence-electron chi connectivity index (χ0n) is 16.3. The number of carbonyl (C=O) groups excluding carboxylic acids is 2. The van der Waals surface area contributed by atoms with Crippen LogP contribution in [0, 0.1) is 6.92 Å². The van der Waals surface area contributed by atoms with Crippen molar-refractivity contribution in [1.82, 2.24) is 15.3 Å². The van der Waals surface area contributed by atoms with Crippen molar-refractivity contribution in [2.24, 2.45) is 0 Å². The molecule has 2 rings (SSSR count). The molecule has 6 nitrogen and oxygen atoms in total. The van der Waals surface area contributed by atoms with Gasteiger partial charge in [-0.05, 0) is 37.6 Å². The highest BCUT2D eigenvalue weighted by atomic mass is 19.4. The molecular formula is C20H22F3N3O3. The van der Waals surface area contributed by atoms with Crippen molar-refractivity contribution in [1.29, 1.82) is 0 Å². The summed E-state index contributed by atoms with van der Waals surface area (Å²) in [5.41, 5.74) is 1.25. The van der Waals surface area contributed by atoms with Gasteiger partial charge in [0, 0.05) is 12.1 Å². The Morgan fingerprint density at radius 2 is 1.93 bits per heavy atom. The monoisotopic (exact) mass is 409 g/mol. The van der Waals surface area contributed by atoms with Crippen LogP contribution in [0.1, 0.15) is 53.9 Å². The molecule has 0 saturated heterocycles. The fourth-order valence-corrected chi connectivity index (χ4v) is 2.52. The van der Waals surface area contributed by atoms with E-state index in [9.17, 15) is 22.8 Å². The minimum atomic E-state index is -4.43. The number of hydrogen-bond acceptors (Lipinski definition) is 5. The van der Waals surface area contributed by atoms with Gasteiger partial charge in [0.05, 0.1) is 12.5 Å². The van der Waals surface area contributed by atoms with Crippen LogP contribution in [0.5, 0.6) is 5.75 Å². The van der Waals surface area contributed by atoms with Gasteiger partial charge in [0.15, 0.2) is 6.61 Å². The van der Waals surface area contributed by atoms with E-state index in [0.717, 1.165) is 0 Å². The fourth-order valence-electron chi connectivity index (χ4n) is 2.52. The van der Waals surface area contributed by atoms with Crippen LogP contribution in [-0.2, 0) is 11.2 Å². The highest BCUT2D eigenvalue weighted by Gasteiger charge is 2.28. The smallest absolute Gasteiger partial charge is 0.422 e. The van der Waals surface area contributed by atoms with E-state index in [0.29, 0.717) is 17.7 Å². The number of nitrogens with one attached hydrogen (secondary N) is 1. The SMILES string of the molecule is CCC(=O)Cc1nc(C)cc(C(=O)NC(C)c2cccc(OCC(F)(F)F)c2)n1. The first-order chi connectivity index (χ1) is 13.6. The van der Waals surface area contributed by atoms with E-state index in [1.165, 1.54) is 18.2 Å². The minimum absolute atomic E-state index is 0.0361. The Balaban J connectivity index is 2.10. The minimum Gasteiger partial charge on any atom is -0.484 e. The second-order valence-corrected chi connectivity index (χ2v) is 6.55. The van der Waals surface area contributed by atoms with Crippen LogP contribution < -0.4 is 10.1 Å². The molecule has 0 fully saturated rings. The third kappa shape index (κ3) is 7.17. The molecule has 1 unspecified atom stereocenters. The van der Waals surface area contributed by atoms with Crippen molar-refractivity contribution in [2.45, 2.75) is 45.8 Å². The summed E-state index contributed by atoms with van der Waals surface area (Å²) in [5, 5.41) is 2.74. The highest BCUT2D eigenvalue weighted by Crippen LogP contribution is 2.22. The lowest BCUT2D eigenvalue weighted by atomic mass is 10.1. The van der Waals surface area contributed by atoms with Crippen LogP contribution in [0.2, 0.25) is 0 Å². The average Bonchev–Trinajstić information content (AvgIpc) is 2.65. The van der Waals surface area contributed by atoms with Gasteiger partial charge in [0.2, 0.25) is 0 Å². The van der Waals surface area contributed by atoms with E-state index < -0.39 is 24.7 Å². The topological polar surface area (TPSA) is 81.2 Å². The van der Waals surface area contributed by atoms with Gasteiger partial charge >= 0.3 is 6.18 Å². The largest absolute Gasteiger partial charge is 0.484 e. The summed E-state index contributed by atoms with van der Waals surface area (Å²) < 4.78 is 41.7. The summed E-state index contributed by atoms with van der Waals surface area (Å²) in [7, 11) is 0. The summed E-state index contributed by atoms with van der Waals surface area (Å²) >= 11 is 0. The maximum atomic E-state index is 12.6. The highest BCUT2D eigenvalue weighted by molar-refractivity contribution is 5.92. The molecule has 1 N–H and O–H groups in total. The molecule has 156 valence electrons. The molecule has 0 aliphatic rings. The van der Waals surface area contributed by atoms with Crippen molar-refractivity contribution < 1.29 is 27.5 Å². The van der Waals surface area contributed by atoms with Crippen molar-refractivity contribution in [3.8, 4) is 5.75 Å². The molecule has 1 amide bonds. The number of Topliss-reactive ketones (excluding diaryl/α,β-unsaturated/α-hetero) is 1. The number of ketones is 1. The van der Waals surface area contributed by atoms with Crippen molar-refractivity contribution >= 4 is 11.7 Å². The fraction of sp³-hybridized carbons (Fsp3) is 0.400. The number of aryl methyl sites for hydroxylation is 1. The Hall–Kier alpha value is -2.97. The molecule has 1 aromatic heterocycles. The molecule has 0 radical (unpaired) electrons. The number of alkyl halides is 3. The molecule has 1 aromatic carbocycles. The number of rotatable bonds is 8. The summed E-state index contributed by atoms with van der Waals surface area (Å²) in [6.45, 7) is 3.73. The Bertz CT molecular complexity index is 885. The van der Waals surface area contributed by atoms with Crippen LogP contribution >= 0.6 is 0 Å². The first-order valence-electron chi connectivity index (χ1n) is 9.04. The molecule has 0 aliphatic carbocycles. The predicted molar refractivity (Wildman–Crippen MR) is 99.6 cm³/mol. The molecule has 0 saturated carbocycles. The Morgan fingerprint density at radius 3 is 2.59 bits per heavy atom. The summed E-state index contributed by atoms with van der Waals surface area (Å²) in [4.78, 5) is 32.5. The van der Waals surface area contributed by atoms with E-state index >= 15 is 0 Å². The van der Waals surface area contributed by atoms with Crippen LogP contribution in [0.25, 0.3) is 0 Å². The lowest BCUT2D eigenvalue weighted by molar-refractivity contribution is -0.153. The molecule has 29 heavy (non-hydrogen) atoms. The van der Waals surface area contributed by atoms with E-state index in [-0.39, 0.29) is 29.5 Å². The second kappa shape index (κ2) is 9.49. The second-order valence-electron chi connectivity index (χ2n) is 6.55. The van der Waals surface area contributed by atoms with E-state index in [1.807, 2.05) is 0 Å². The van der Waals surface area contributed by atoms with E-state index in [4.69, 9.17) is 4.74 Å². The van der Waals surface area contributed by atoms with Gasteiger partial charge in [-0.2, -0.15) is 13.2 Å². The number of amides is 1. The van der Waals surface area contributed by atoms with E-state index in [2.05, 4.69) is 15.3 Å². The number of benzene rings is 1. The third-order valence-corrected chi connectivity index (χ3v) is 3.99. The normalized spacial score (nSPS) is 12.3. The zero-order chi connectivity index (χ0) is 21.6. The molecule has 1 atom stereocenters. The number of aromatic nitrogens is 2. The van der Waals surface area contributed by atoms with Gasteiger partial charge in [0.1, 0.15) is 23.1 Å². The average molecular weight is 409 g/mol. The summed E-state index contributed by atoms with van der Waals surface area (Å²) in [6.07, 6.45) is -4.03. The Morgan fingerprint density at radius 1 is 1.21 bits per heavy atom. The van der Waals surface area contributed by atoms with Gasteiger partial charge in [-0.15, -0.1) is 0 Å². The Kier molecular flexibility index (Phi) is 7.30. The van der Waals surface area contributed by atoms with Crippen molar-refractivity contribution in [3.63, 3.8) is 0 Å². The van der Waals surface area contributed by atoms with Gasteiger partial charge in [0.25, 0.3) is 5.91 Å². The number of ether oxygens (including phenoxy) is 1. The molecule has 9 heteroatoms. The first-order valence-corrected chi connectivity index (χ1v) is 9.04. The lowest BCUT2D eigenvalue weighted by Crippen LogP contribution is -2.28. The number of halogens is 3. The predicted octanol–water partition coefficient (Wildman–Crippen LogP) is 3.74. The molecule has 0 aliphatic heterocycles. The summed E-state index contributed by atoms with van der Waals surface area (Å²) in [5.74, 6) is -0.183. The first kappa shape index (κ1) is 22.3. The van der Waals surface area contributed by atoms with Gasteiger partial charge in [-0.25, -0.2) is 9.97 Å². The van der Waals surface area contributed by atoms with Crippen LogP contribution in [0.4, 0.5) is 13.2 Å². The standard InChI is InChI=1S/C20H22F3N3O3/c1-4-15(27)10-18-24-12(2)8-17(26-18)19(28)25-13(3)14-6-5-7-16(9-14)29-11-20(21,22)23/h5-9,13H,4,10-11H2,1-3H3,(H,25,28). The molecular weight excluding hydrogens is 387 g/mol. The zero-order valence-corrected chi connectivity index (χ0v) is 16.3. The number of carbonyl (C=O) groups is 2. The molecule has 1 heterocycles. The van der Waals surface area contributed by atoms with Gasteiger partial charge in [-0.1, -0.05) is 19.1 Å². The summed E-state index contributed by atoms with van der Waals surface area (Å²) in [6, 6.07) is 7.06. The number of hydrogen-bond donors (Lipinski definition) is 1. The third-order valence-electron chi connectivity index (χ3n) is 3.99. The number of nitrogens with zero attached hydrogens (tertiary/aromatic N) is 2. The molecule has 0 spiro atoms. The van der Waals surface area contributed by atoms with Crippen LogP contribution in [-0.4, -0.2) is 34.4 Å².